The van der Waals surface area contributed by atoms with Gasteiger partial charge in [0.15, 0.2) is 6.04 Å². The first-order valence-corrected chi connectivity index (χ1v) is 6.97. The molecule has 0 aromatic carbocycles. The van der Waals surface area contributed by atoms with Gasteiger partial charge in [-0.05, 0) is 19.1 Å². The molecular formula is C11H12F3N5O5S. The van der Waals surface area contributed by atoms with Crippen LogP contribution in [0.1, 0.15) is 6.92 Å². The van der Waals surface area contributed by atoms with E-state index in [1.54, 1.807) is 6.92 Å². The fraction of sp³-hybridized carbons (Fsp3) is 0.545. The number of hydrogen-bond donors (Lipinski definition) is 2. The zero-order valence-electron chi connectivity index (χ0n) is 12.6. The third-order valence-electron chi connectivity index (χ3n) is 2.61. The van der Waals surface area contributed by atoms with Crippen LogP contribution in [0.25, 0.3) is 0 Å². The molecule has 1 fully saturated rings. The van der Waals surface area contributed by atoms with Crippen molar-refractivity contribution in [2.75, 3.05) is 13.3 Å². The van der Waals surface area contributed by atoms with Crippen LogP contribution in [0.5, 0.6) is 0 Å². The molecule has 2 rings (SSSR count). The Hall–Kier alpha value is -2.41. The molecule has 0 bridgehead atoms. The second-order valence-electron chi connectivity index (χ2n) is 4.23. The predicted molar refractivity (Wildman–Crippen MR) is 78.2 cm³/mol. The lowest BCUT2D eigenvalue weighted by Crippen LogP contribution is -2.52. The highest BCUT2D eigenvalue weighted by Gasteiger charge is 2.48. The molecule has 2 aliphatic rings. The number of halogens is 3. The van der Waals surface area contributed by atoms with Crippen LogP contribution in [0, 0.1) is 0 Å². The summed E-state index contributed by atoms with van der Waals surface area (Å²) in [4.78, 5) is 43.0. The van der Waals surface area contributed by atoms with Crippen LogP contribution in [-0.4, -0.2) is 66.2 Å². The van der Waals surface area contributed by atoms with Gasteiger partial charge in [0.1, 0.15) is 6.17 Å². The third-order valence-corrected chi connectivity index (χ3v) is 2.70. The molecular weight excluding hydrogens is 371 g/mol. The van der Waals surface area contributed by atoms with Crippen LogP contribution >= 0.6 is 12.2 Å². The van der Waals surface area contributed by atoms with E-state index in [9.17, 15) is 27.6 Å². The number of carbonyl (C=O) groups excluding carboxylic acids is 3. The van der Waals surface area contributed by atoms with Crippen LogP contribution in [0.15, 0.2) is 9.98 Å². The van der Waals surface area contributed by atoms with Crippen molar-refractivity contribution < 1.29 is 37.1 Å². The Labute approximate surface area is 144 Å². The van der Waals surface area contributed by atoms with E-state index in [0.717, 1.165) is 6.34 Å². The lowest BCUT2D eigenvalue weighted by molar-refractivity contribution is -0.240. The second-order valence-corrected chi connectivity index (χ2v) is 4.42. The lowest BCUT2D eigenvalue weighted by Gasteiger charge is -2.24. The number of alkyl halides is 3. The van der Waals surface area contributed by atoms with Gasteiger partial charge in [0.25, 0.3) is 0 Å². The normalized spacial score (nSPS) is 21.8. The zero-order chi connectivity index (χ0) is 19.0. The number of hydroxylamine groups is 2. The largest absolute Gasteiger partial charge is 0.492 e. The summed E-state index contributed by atoms with van der Waals surface area (Å²) >= 11 is 4.12. The van der Waals surface area contributed by atoms with Crippen molar-refractivity contribution in [3.8, 4) is 0 Å². The van der Waals surface area contributed by atoms with Crippen molar-refractivity contribution >= 4 is 41.7 Å². The monoisotopic (exact) mass is 383 g/mol. The Kier molecular flexibility index (Phi) is 7.57. The van der Waals surface area contributed by atoms with Crippen LogP contribution in [0.2, 0.25) is 0 Å². The molecule has 10 nitrogen and oxygen atoms in total. The first kappa shape index (κ1) is 20.6. The van der Waals surface area contributed by atoms with Crippen molar-refractivity contribution in [1.82, 2.24) is 15.7 Å². The number of ether oxygens (including phenoxy) is 1. The summed E-state index contributed by atoms with van der Waals surface area (Å²) in [7, 11) is 0. The Balaban J connectivity index is 0.000000333. The minimum atomic E-state index is -5.10. The van der Waals surface area contributed by atoms with Gasteiger partial charge >= 0.3 is 18.2 Å². The molecule has 0 radical (unpaired) electrons. The van der Waals surface area contributed by atoms with Gasteiger partial charge in [-0.2, -0.15) is 13.2 Å². The number of rotatable bonds is 2. The van der Waals surface area contributed by atoms with E-state index in [1.165, 1.54) is 0 Å². The summed E-state index contributed by atoms with van der Waals surface area (Å²) in [6.45, 7) is 1.80. The number of aliphatic imine (C=N–C) groups is 2. The molecule has 14 heteroatoms. The Morgan fingerprint density at radius 3 is 2.80 bits per heavy atom. The Morgan fingerprint density at radius 1 is 1.56 bits per heavy atom. The molecule has 2 unspecified atom stereocenters. The quantitative estimate of drug-likeness (QED) is 0.504. The maximum Gasteiger partial charge on any atom is 0.492 e. The van der Waals surface area contributed by atoms with E-state index in [1.807, 2.05) is 5.16 Å². The van der Waals surface area contributed by atoms with E-state index in [4.69, 9.17) is 0 Å². The van der Waals surface area contributed by atoms with Gasteiger partial charge < -0.3 is 14.9 Å². The SMILES string of the molecule is CCOC(=O)N=C=S.O=C1NC=NC2NCN(OC(=O)C(F)(F)F)C12. The maximum atomic E-state index is 12.0. The summed E-state index contributed by atoms with van der Waals surface area (Å²) in [5, 5.41) is 7.33. The fourth-order valence-corrected chi connectivity index (χ4v) is 1.74. The standard InChI is InChI=1S/C7H7F3N4O3.C4H5NO2S/c8-7(9,10)6(16)17-14-2-13-4-3(14)5(15)12-1-11-4;1-2-7-4(6)5-3-8/h1,3-4,13H,2H2,(H,11,12,15);2H2,1H3. The highest BCUT2D eigenvalue weighted by Crippen LogP contribution is 2.21. The second kappa shape index (κ2) is 9.17. The summed E-state index contributed by atoms with van der Waals surface area (Å²) in [6.07, 6.45) is -5.37. The molecule has 1 saturated heterocycles. The molecule has 0 saturated carbocycles. The van der Waals surface area contributed by atoms with E-state index in [0.29, 0.717) is 11.7 Å². The summed E-state index contributed by atoms with van der Waals surface area (Å²) in [5.74, 6) is -2.97. The van der Waals surface area contributed by atoms with Crippen molar-refractivity contribution in [3.05, 3.63) is 0 Å². The van der Waals surface area contributed by atoms with Gasteiger partial charge in [0.2, 0.25) is 5.91 Å². The average molecular weight is 383 g/mol. The lowest BCUT2D eigenvalue weighted by atomic mass is 10.2. The summed E-state index contributed by atoms with van der Waals surface area (Å²) < 4.78 is 40.3. The molecule has 2 N–H and O–H groups in total. The number of thiocarbonyl (C=S) groups is 1. The molecule has 0 spiro atoms. The average Bonchev–Trinajstić information content (AvgIpc) is 2.92. The van der Waals surface area contributed by atoms with Crippen molar-refractivity contribution in [3.63, 3.8) is 0 Å². The van der Waals surface area contributed by atoms with Crippen LogP contribution < -0.4 is 10.6 Å². The van der Waals surface area contributed by atoms with Crippen LogP contribution in [0.4, 0.5) is 18.0 Å². The molecule has 138 valence electrons. The van der Waals surface area contributed by atoms with Gasteiger partial charge in [-0.25, -0.2) is 9.59 Å². The van der Waals surface area contributed by atoms with E-state index < -0.39 is 36.4 Å². The van der Waals surface area contributed by atoms with Crippen molar-refractivity contribution in [2.45, 2.75) is 25.3 Å². The molecule has 0 aromatic rings. The molecule has 0 aromatic heterocycles. The molecule has 0 aliphatic carbocycles. The zero-order valence-corrected chi connectivity index (χ0v) is 13.4. The Morgan fingerprint density at radius 2 is 2.24 bits per heavy atom. The first-order valence-electron chi connectivity index (χ1n) is 6.56. The fourth-order valence-electron chi connectivity index (χ4n) is 1.67. The smallest absolute Gasteiger partial charge is 0.448 e. The third kappa shape index (κ3) is 6.19. The number of fused-ring (bicyclic) bond motifs is 1. The first-order chi connectivity index (χ1) is 11.7. The minimum Gasteiger partial charge on any atom is -0.448 e. The molecule has 2 atom stereocenters. The van der Waals surface area contributed by atoms with E-state index >= 15 is 0 Å². The van der Waals surface area contributed by atoms with Crippen LogP contribution in [0.3, 0.4) is 0 Å². The molecule has 25 heavy (non-hydrogen) atoms. The number of carbonyl (C=O) groups is 3. The van der Waals surface area contributed by atoms with E-state index in [2.05, 4.69) is 42.4 Å². The minimum absolute atomic E-state index is 0.206. The van der Waals surface area contributed by atoms with E-state index in [-0.39, 0.29) is 6.67 Å². The summed E-state index contributed by atoms with van der Waals surface area (Å²) in [5.41, 5.74) is 0. The van der Waals surface area contributed by atoms with Gasteiger partial charge in [-0.15, -0.1) is 10.1 Å². The highest BCUT2D eigenvalue weighted by atomic mass is 32.1. The van der Waals surface area contributed by atoms with Gasteiger partial charge in [0.05, 0.1) is 24.8 Å². The van der Waals surface area contributed by atoms with Gasteiger partial charge in [-0.1, -0.05) is 0 Å². The molecule has 2 aliphatic heterocycles. The van der Waals surface area contributed by atoms with Crippen molar-refractivity contribution in [1.29, 1.82) is 0 Å². The summed E-state index contributed by atoms with van der Waals surface area (Å²) in [6, 6.07) is -1.09. The van der Waals surface area contributed by atoms with Gasteiger partial charge in [0, 0.05) is 0 Å². The Bertz CT molecular complexity index is 607. The van der Waals surface area contributed by atoms with Crippen LogP contribution in [-0.2, 0) is 19.2 Å². The predicted octanol–water partition coefficient (Wildman–Crippen LogP) is -0.0319. The molecule has 2 heterocycles. The topological polar surface area (TPSA) is 122 Å². The highest BCUT2D eigenvalue weighted by molar-refractivity contribution is 7.78. The number of isothiocyanates is 1. The molecule has 2 amide bonds. The number of hydrogen-bond acceptors (Lipinski definition) is 9. The van der Waals surface area contributed by atoms with Gasteiger partial charge in [-0.3, -0.25) is 15.1 Å². The number of amides is 2. The number of nitrogens with one attached hydrogen (secondary N) is 2. The number of nitrogens with zero attached hydrogens (tertiary/aromatic N) is 3. The van der Waals surface area contributed by atoms with Crippen molar-refractivity contribution in [2.24, 2.45) is 9.98 Å². The maximum absolute atomic E-state index is 12.0.